The van der Waals surface area contributed by atoms with Crippen molar-refractivity contribution in [3.05, 3.63) is 88.9 Å². The number of furan rings is 1. The van der Waals surface area contributed by atoms with Gasteiger partial charge in [-0.1, -0.05) is 49.4 Å². The van der Waals surface area contributed by atoms with Crippen molar-refractivity contribution in [2.75, 3.05) is 0 Å². The van der Waals surface area contributed by atoms with Gasteiger partial charge in [-0.3, -0.25) is 4.79 Å². The zero-order chi connectivity index (χ0) is 19.6. The second kappa shape index (κ2) is 7.53. The van der Waals surface area contributed by atoms with Crippen LogP contribution in [0.5, 0.6) is 0 Å². The molecule has 1 heterocycles. The summed E-state index contributed by atoms with van der Waals surface area (Å²) in [4.78, 5) is 12.0. The van der Waals surface area contributed by atoms with E-state index in [2.05, 4.69) is 0 Å². The minimum absolute atomic E-state index is 0.154. The van der Waals surface area contributed by atoms with E-state index in [9.17, 15) is 13.2 Å². The van der Waals surface area contributed by atoms with Crippen molar-refractivity contribution in [1.82, 2.24) is 0 Å². The predicted molar refractivity (Wildman–Crippen MR) is 105 cm³/mol. The van der Waals surface area contributed by atoms with E-state index in [4.69, 9.17) is 4.42 Å². The summed E-state index contributed by atoms with van der Waals surface area (Å²) >= 11 is 0. The average Bonchev–Trinajstić information content (AvgIpc) is 3.04. The maximum absolute atomic E-state index is 13.5. The predicted octanol–water partition coefficient (Wildman–Crippen LogP) is 4.92. The summed E-state index contributed by atoms with van der Waals surface area (Å²) < 4.78 is 32.7. The van der Waals surface area contributed by atoms with E-state index >= 15 is 0 Å². The number of hydrogen-bond donors (Lipinski definition) is 0. The van der Waals surface area contributed by atoms with Crippen LogP contribution in [0.25, 0.3) is 0 Å². The maximum Gasteiger partial charge on any atom is 0.192 e. The van der Waals surface area contributed by atoms with Gasteiger partial charge in [0.15, 0.2) is 15.6 Å². The van der Waals surface area contributed by atoms with Gasteiger partial charge in [0.25, 0.3) is 0 Å². The molecule has 0 aliphatic rings. The molecule has 0 radical (unpaired) electrons. The maximum atomic E-state index is 13.5. The Bertz CT molecular complexity index is 1050. The molecule has 0 aliphatic heterocycles. The first-order valence-corrected chi connectivity index (χ1v) is 10.4. The number of hydrogen-bond acceptors (Lipinski definition) is 4. The number of Topliss-reactive ketones (excluding diaryl/α,β-unsaturated/α-hetero) is 1. The van der Waals surface area contributed by atoms with Crippen LogP contribution in [0.3, 0.4) is 0 Å². The quantitative estimate of drug-likeness (QED) is 0.568. The number of benzene rings is 2. The summed E-state index contributed by atoms with van der Waals surface area (Å²) in [5, 5.41) is -1.02. The molecule has 0 saturated carbocycles. The van der Waals surface area contributed by atoms with Crippen molar-refractivity contribution < 1.29 is 17.6 Å². The second-order valence-corrected chi connectivity index (χ2v) is 8.54. The van der Waals surface area contributed by atoms with E-state index in [-0.39, 0.29) is 16.4 Å². The first kappa shape index (κ1) is 19.1. The smallest absolute Gasteiger partial charge is 0.192 e. The molecule has 3 aromatic rings. The van der Waals surface area contributed by atoms with Gasteiger partial charge in [0, 0.05) is 0 Å². The Kier molecular flexibility index (Phi) is 5.33. The van der Waals surface area contributed by atoms with E-state index in [0.717, 1.165) is 12.0 Å². The minimum atomic E-state index is -3.77. The van der Waals surface area contributed by atoms with Gasteiger partial charge in [-0.25, -0.2) is 8.42 Å². The Labute approximate surface area is 159 Å². The molecule has 1 atom stereocenters. The molecule has 0 aliphatic carbocycles. The zero-order valence-electron chi connectivity index (χ0n) is 15.6. The SMILES string of the molecule is CCc1ccc(S(=O)(=O)C(c2ccccc2)c2cc(C(C)=O)c(C)o2)cc1. The Morgan fingerprint density at radius 2 is 1.67 bits per heavy atom. The topological polar surface area (TPSA) is 64.3 Å². The summed E-state index contributed by atoms with van der Waals surface area (Å²) in [6.45, 7) is 5.13. The first-order valence-electron chi connectivity index (χ1n) is 8.83. The van der Waals surface area contributed by atoms with E-state index in [1.807, 2.05) is 25.1 Å². The highest BCUT2D eigenvalue weighted by Gasteiger charge is 2.34. The van der Waals surface area contributed by atoms with Gasteiger partial charge < -0.3 is 4.42 Å². The highest BCUT2D eigenvalue weighted by molar-refractivity contribution is 7.91. The lowest BCUT2D eigenvalue weighted by Gasteiger charge is -2.16. The van der Waals surface area contributed by atoms with Gasteiger partial charge in [0.1, 0.15) is 16.8 Å². The number of rotatable bonds is 6. The van der Waals surface area contributed by atoms with Gasteiger partial charge in [-0.2, -0.15) is 0 Å². The third-order valence-electron chi connectivity index (χ3n) is 4.65. The summed E-state index contributed by atoms with van der Waals surface area (Å²) in [6.07, 6.45) is 0.835. The number of carbonyl (C=O) groups is 1. The molecule has 0 N–H and O–H groups in total. The van der Waals surface area contributed by atoms with E-state index < -0.39 is 15.1 Å². The molecule has 0 spiro atoms. The van der Waals surface area contributed by atoms with E-state index in [1.54, 1.807) is 49.4 Å². The fraction of sp³-hybridized carbons (Fsp3) is 0.227. The van der Waals surface area contributed by atoms with Crippen LogP contribution in [0.2, 0.25) is 0 Å². The van der Waals surface area contributed by atoms with Crippen LogP contribution >= 0.6 is 0 Å². The molecule has 1 unspecified atom stereocenters. The third kappa shape index (κ3) is 3.74. The number of sulfone groups is 1. The van der Waals surface area contributed by atoms with Crippen LogP contribution in [-0.4, -0.2) is 14.2 Å². The van der Waals surface area contributed by atoms with Crippen LogP contribution < -0.4 is 0 Å². The molecule has 0 saturated heterocycles. The number of ketones is 1. The van der Waals surface area contributed by atoms with Crippen LogP contribution in [0, 0.1) is 6.92 Å². The molecule has 4 nitrogen and oxygen atoms in total. The highest BCUT2D eigenvalue weighted by atomic mass is 32.2. The summed E-state index contributed by atoms with van der Waals surface area (Å²) in [5.74, 6) is 0.525. The second-order valence-electron chi connectivity index (χ2n) is 6.51. The lowest BCUT2D eigenvalue weighted by molar-refractivity contribution is 0.101. The Balaban J connectivity index is 2.18. The van der Waals surface area contributed by atoms with E-state index in [0.29, 0.717) is 16.9 Å². The lowest BCUT2D eigenvalue weighted by atomic mass is 10.1. The number of aryl methyl sites for hydroxylation is 2. The van der Waals surface area contributed by atoms with Crippen LogP contribution in [0.15, 0.2) is 70.0 Å². The van der Waals surface area contributed by atoms with Crippen molar-refractivity contribution in [1.29, 1.82) is 0 Å². The Hall–Kier alpha value is -2.66. The van der Waals surface area contributed by atoms with Crippen molar-refractivity contribution in [2.24, 2.45) is 0 Å². The van der Waals surface area contributed by atoms with Gasteiger partial charge in [0.05, 0.1) is 10.5 Å². The first-order chi connectivity index (χ1) is 12.8. The van der Waals surface area contributed by atoms with Gasteiger partial charge >= 0.3 is 0 Å². The molecule has 2 aromatic carbocycles. The summed E-state index contributed by atoms with van der Waals surface area (Å²) in [7, 11) is -3.77. The van der Waals surface area contributed by atoms with Crippen molar-refractivity contribution in [3.63, 3.8) is 0 Å². The van der Waals surface area contributed by atoms with Crippen LogP contribution in [-0.2, 0) is 16.3 Å². The highest BCUT2D eigenvalue weighted by Crippen LogP contribution is 2.37. The molecular weight excluding hydrogens is 360 g/mol. The molecular formula is C22H22O4S. The fourth-order valence-electron chi connectivity index (χ4n) is 3.16. The number of carbonyl (C=O) groups excluding carboxylic acids is 1. The molecule has 1 aromatic heterocycles. The third-order valence-corrected chi connectivity index (χ3v) is 6.70. The molecule has 3 rings (SSSR count). The molecule has 0 amide bonds. The van der Waals surface area contributed by atoms with Gasteiger partial charge in [-0.05, 0) is 49.6 Å². The zero-order valence-corrected chi connectivity index (χ0v) is 16.4. The van der Waals surface area contributed by atoms with Gasteiger partial charge in [0.2, 0.25) is 0 Å². The molecule has 0 fully saturated rings. The monoisotopic (exact) mass is 382 g/mol. The molecule has 27 heavy (non-hydrogen) atoms. The standard InChI is InChI=1S/C22H22O4S/c1-4-17-10-12-19(13-11-17)27(24,25)22(18-8-6-5-7-9-18)21-14-20(15(2)23)16(3)26-21/h5-14,22H,4H2,1-3H3. The Morgan fingerprint density at radius 1 is 1.04 bits per heavy atom. The van der Waals surface area contributed by atoms with Gasteiger partial charge in [-0.15, -0.1) is 0 Å². The lowest BCUT2D eigenvalue weighted by Crippen LogP contribution is -2.15. The van der Waals surface area contributed by atoms with Crippen molar-refractivity contribution >= 4 is 15.6 Å². The molecule has 5 heteroatoms. The normalized spacial score (nSPS) is 12.7. The van der Waals surface area contributed by atoms with Crippen LogP contribution in [0.4, 0.5) is 0 Å². The summed E-state index contributed by atoms with van der Waals surface area (Å²) in [6, 6.07) is 17.4. The van der Waals surface area contributed by atoms with Crippen molar-refractivity contribution in [3.8, 4) is 0 Å². The summed E-state index contributed by atoms with van der Waals surface area (Å²) in [5.41, 5.74) is 2.07. The minimum Gasteiger partial charge on any atom is -0.464 e. The largest absolute Gasteiger partial charge is 0.464 e. The van der Waals surface area contributed by atoms with Crippen molar-refractivity contribution in [2.45, 2.75) is 37.3 Å². The molecule has 140 valence electrons. The fourth-order valence-corrected chi connectivity index (χ4v) is 4.88. The van der Waals surface area contributed by atoms with E-state index in [1.165, 1.54) is 6.92 Å². The Morgan fingerprint density at radius 3 is 2.19 bits per heavy atom. The average molecular weight is 382 g/mol. The van der Waals surface area contributed by atoms with Crippen LogP contribution in [0.1, 0.15) is 52.1 Å². The molecule has 0 bridgehead atoms.